The van der Waals surface area contributed by atoms with E-state index in [1.54, 1.807) is 0 Å². The van der Waals surface area contributed by atoms with E-state index in [2.05, 4.69) is 157 Å². The van der Waals surface area contributed by atoms with E-state index in [1.165, 1.54) is 83.6 Å². The van der Waals surface area contributed by atoms with Gasteiger partial charge in [-0.05, 0) is 114 Å². The molecule has 0 unspecified atom stereocenters. The summed E-state index contributed by atoms with van der Waals surface area (Å²) >= 11 is 0. The summed E-state index contributed by atoms with van der Waals surface area (Å²) in [4.78, 5) is 7.81. The van der Waals surface area contributed by atoms with Crippen molar-refractivity contribution in [3.63, 3.8) is 0 Å². The predicted octanol–water partition coefficient (Wildman–Crippen LogP) is 7.94. The van der Waals surface area contributed by atoms with Gasteiger partial charge in [0.1, 0.15) is 0 Å². The molecule has 4 heterocycles. The molecule has 0 N–H and O–H groups in total. The average molecular weight is 591 g/mol. The summed E-state index contributed by atoms with van der Waals surface area (Å²) in [6.07, 6.45) is 0. The molecule has 5 heteroatoms. The Morgan fingerprint density at radius 2 is 1.26 bits per heavy atom. The Bertz CT molecular complexity index is 2560. The second-order valence-electron chi connectivity index (χ2n) is 13.0. The molecule has 0 radical (unpaired) electrons. The van der Waals surface area contributed by atoms with E-state index in [9.17, 15) is 0 Å². The Kier molecular flexibility index (Phi) is 5.05. The maximum absolute atomic E-state index is 5.30. The molecule has 0 amide bonds. The van der Waals surface area contributed by atoms with E-state index in [4.69, 9.17) is 4.98 Å². The topological polar surface area (TPSA) is 25.5 Å². The van der Waals surface area contributed by atoms with Gasteiger partial charge in [-0.3, -0.25) is 8.97 Å². The summed E-state index contributed by atoms with van der Waals surface area (Å²) in [5.41, 5.74) is 21.2. The molecule has 0 fully saturated rings. The van der Waals surface area contributed by atoms with E-state index in [1.807, 2.05) is 0 Å². The Balaban J connectivity index is 1.39. The lowest BCUT2D eigenvalue weighted by Crippen LogP contribution is -2.60. The molecular weight excluding hydrogens is 559 g/mol. The highest BCUT2D eigenvalue weighted by Crippen LogP contribution is 2.43. The lowest BCUT2D eigenvalue weighted by Gasteiger charge is -2.40. The Morgan fingerprint density at radius 1 is 0.565 bits per heavy atom. The summed E-state index contributed by atoms with van der Waals surface area (Å²) in [5, 5.41) is 0. The zero-order valence-electron chi connectivity index (χ0n) is 26.3. The number of aromatic nitrogens is 3. The van der Waals surface area contributed by atoms with Gasteiger partial charge in [0.2, 0.25) is 5.78 Å². The minimum Gasteiger partial charge on any atom is -0.311 e. The molecule has 2 aliphatic rings. The summed E-state index contributed by atoms with van der Waals surface area (Å²) in [7, 11) is 0. The van der Waals surface area contributed by atoms with E-state index in [-0.39, 0.29) is 6.71 Å². The largest absolute Gasteiger partial charge is 0.311 e. The van der Waals surface area contributed by atoms with Crippen LogP contribution in [0.2, 0.25) is 0 Å². The maximum Gasteiger partial charge on any atom is 0.252 e. The summed E-state index contributed by atoms with van der Waals surface area (Å²) in [5.74, 6) is 0.959. The molecule has 10 rings (SSSR count). The van der Waals surface area contributed by atoms with Crippen molar-refractivity contribution >= 4 is 68.0 Å². The van der Waals surface area contributed by atoms with Crippen molar-refractivity contribution in [2.45, 2.75) is 27.7 Å². The predicted molar refractivity (Wildman–Crippen MR) is 193 cm³/mol. The first-order chi connectivity index (χ1) is 22.5. The number of imidazole rings is 2. The van der Waals surface area contributed by atoms with Gasteiger partial charge in [-0.25, -0.2) is 4.98 Å². The van der Waals surface area contributed by atoms with Gasteiger partial charge < -0.3 is 4.90 Å². The van der Waals surface area contributed by atoms with Crippen LogP contribution in [-0.2, 0) is 0 Å². The molecule has 46 heavy (non-hydrogen) atoms. The first-order valence-electron chi connectivity index (χ1n) is 16.1. The summed E-state index contributed by atoms with van der Waals surface area (Å²) in [6.45, 7) is 8.99. The second kappa shape index (κ2) is 9.01. The number of para-hydroxylation sites is 4. The molecule has 2 aromatic heterocycles. The lowest BCUT2D eigenvalue weighted by atomic mass is 9.34. The van der Waals surface area contributed by atoms with Gasteiger partial charge in [0, 0.05) is 17.1 Å². The molecule has 0 bridgehead atoms. The third-order valence-corrected chi connectivity index (χ3v) is 10.4. The highest BCUT2D eigenvalue weighted by molar-refractivity contribution is 7.00. The maximum atomic E-state index is 5.30. The van der Waals surface area contributed by atoms with Crippen molar-refractivity contribution in [3.05, 3.63) is 138 Å². The molecule has 0 spiro atoms. The minimum atomic E-state index is 0.0934. The van der Waals surface area contributed by atoms with Gasteiger partial charge in [0.25, 0.3) is 6.71 Å². The van der Waals surface area contributed by atoms with Crippen LogP contribution in [-0.4, -0.2) is 20.7 Å². The highest BCUT2D eigenvalue weighted by Gasteiger charge is 2.43. The molecule has 0 saturated heterocycles. The number of benzene rings is 6. The van der Waals surface area contributed by atoms with Crippen LogP contribution in [0, 0.1) is 27.7 Å². The van der Waals surface area contributed by atoms with Crippen molar-refractivity contribution in [2.75, 3.05) is 4.90 Å². The standard InChI is InChI=1S/C41H31BN4/c1-24-11-9-12-25(2)37(24)28-19-20-30-36(23-28)46-40-35(45-33-18-8-6-16-31(33)43-41(45)46)22-21-34-38(40)42(30)29-15-5-7-17-32(29)44(34)39-26(3)13-10-14-27(39)4/h5-23H,1-4H3. The van der Waals surface area contributed by atoms with Gasteiger partial charge in [0.15, 0.2) is 0 Å². The SMILES string of the molecule is Cc1cccc(C)c1-c1ccc2c(c1)-n1c3c4c(ccc3n3c5ccccc5nc13)N(c1c(C)cccc1C)c1ccccc1B24. The number of rotatable bonds is 2. The van der Waals surface area contributed by atoms with Gasteiger partial charge in [-0.2, -0.15) is 0 Å². The van der Waals surface area contributed by atoms with Crippen LogP contribution in [0.4, 0.5) is 17.1 Å². The minimum absolute atomic E-state index is 0.0934. The molecule has 4 nitrogen and oxygen atoms in total. The van der Waals surface area contributed by atoms with Crippen LogP contribution in [0.3, 0.4) is 0 Å². The van der Waals surface area contributed by atoms with Crippen molar-refractivity contribution < 1.29 is 0 Å². The number of fused-ring (bicyclic) bond motifs is 10. The third-order valence-electron chi connectivity index (χ3n) is 10.4. The molecule has 6 aromatic carbocycles. The Hall–Kier alpha value is -5.55. The van der Waals surface area contributed by atoms with Crippen molar-refractivity contribution in [1.82, 2.24) is 14.0 Å². The van der Waals surface area contributed by atoms with E-state index < -0.39 is 0 Å². The quantitative estimate of drug-likeness (QED) is 0.191. The molecule has 2 aliphatic heterocycles. The first kappa shape index (κ1) is 25.7. The van der Waals surface area contributed by atoms with Crippen LogP contribution in [0.1, 0.15) is 22.3 Å². The van der Waals surface area contributed by atoms with E-state index in [0.29, 0.717) is 0 Å². The van der Waals surface area contributed by atoms with Crippen molar-refractivity contribution in [2.24, 2.45) is 0 Å². The van der Waals surface area contributed by atoms with Crippen molar-refractivity contribution in [1.29, 1.82) is 0 Å². The van der Waals surface area contributed by atoms with E-state index in [0.717, 1.165) is 16.8 Å². The zero-order chi connectivity index (χ0) is 30.8. The van der Waals surface area contributed by atoms with Crippen LogP contribution < -0.4 is 21.3 Å². The molecule has 218 valence electrons. The first-order valence-corrected chi connectivity index (χ1v) is 16.1. The van der Waals surface area contributed by atoms with Crippen LogP contribution in [0.15, 0.2) is 115 Å². The average Bonchev–Trinajstić information content (AvgIpc) is 3.60. The second-order valence-corrected chi connectivity index (χ2v) is 13.0. The monoisotopic (exact) mass is 590 g/mol. The van der Waals surface area contributed by atoms with Crippen molar-refractivity contribution in [3.8, 4) is 16.8 Å². The number of nitrogens with zero attached hydrogens (tertiary/aromatic N) is 4. The number of hydrogen-bond acceptors (Lipinski definition) is 2. The fraction of sp³-hybridized carbons (Fsp3) is 0.0976. The summed E-state index contributed by atoms with van der Waals surface area (Å²) < 4.78 is 4.82. The lowest BCUT2D eigenvalue weighted by molar-refractivity contribution is 1.11. The van der Waals surface area contributed by atoms with Crippen LogP contribution >= 0.6 is 0 Å². The van der Waals surface area contributed by atoms with Crippen LogP contribution in [0.5, 0.6) is 0 Å². The van der Waals surface area contributed by atoms with Gasteiger partial charge in [0.05, 0.1) is 27.8 Å². The number of hydrogen-bond donors (Lipinski definition) is 0. The fourth-order valence-corrected chi connectivity index (χ4v) is 8.56. The van der Waals surface area contributed by atoms with E-state index >= 15 is 0 Å². The Morgan fingerprint density at radius 3 is 2.07 bits per heavy atom. The zero-order valence-corrected chi connectivity index (χ0v) is 26.3. The normalized spacial score (nSPS) is 13.1. The number of anilines is 3. The molecule has 0 aliphatic carbocycles. The molecule has 0 saturated carbocycles. The third kappa shape index (κ3) is 3.17. The Labute approximate surface area is 268 Å². The smallest absolute Gasteiger partial charge is 0.252 e. The molecule has 0 atom stereocenters. The van der Waals surface area contributed by atoms with Gasteiger partial charge >= 0.3 is 0 Å². The van der Waals surface area contributed by atoms with Gasteiger partial charge in [-0.15, -0.1) is 0 Å². The van der Waals surface area contributed by atoms with Gasteiger partial charge in [-0.1, -0.05) is 78.9 Å². The number of aryl methyl sites for hydroxylation is 4. The van der Waals surface area contributed by atoms with Crippen LogP contribution in [0.25, 0.3) is 44.7 Å². The highest BCUT2D eigenvalue weighted by atomic mass is 15.2. The fourth-order valence-electron chi connectivity index (χ4n) is 8.56. The summed E-state index contributed by atoms with van der Waals surface area (Å²) in [6, 6.07) is 42.6. The molecule has 8 aromatic rings. The molecular formula is C41H31BN4.